The third kappa shape index (κ3) is 7.17. The summed E-state index contributed by atoms with van der Waals surface area (Å²) >= 11 is 2.83. The lowest BCUT2D eigenvalue weighted by Crippen LogP contribution is -2.17. The molecular formula is C30H34N2O6S2. The second-order valence-electron chi connectivity index (χ2n) is 9.20. The molecule has 1 aromatic heterocycles. The number of benzene rings is 2. The lowest BCUT2D eigenvalue weighted by atomic mass is 9.96. The van der Waals surface area contributed by atoms with E-state index in [2.05, 4.69) is 10.6 Å². The number of anilines is 2. The van der Waals surface area contributed by atoms with E-state index < -0.39 is 0 Å². The van der Waals surface area contributed by atoms with Crippen LogP contribution in [0, 0.1) is 0 Å². The van der Waals surface area contributed by atoms with Gasteiger partial charge in [-0.15, -0.1) is 23.1 Å². The van der Waals surface area contributed by atoms with Gasteiger partial charge in [-0.25, -0.2) is 4.79 Å². The number of fused-ring (bicyclic) bond motifs is 1. The van der Waals surface area contributed by atoms with Crippen molar-refractivity contribution in [2.75, 3.05) is 37.2 Å². The topological polar surface area (TPSA) is 103 Å². The molecule has 0 aliphatic heterocycles. The minimum Gasteiger partial charge on any atom is -0.496 e. The van der Waals surface area contributed by atoms with Gasteiger partial charge in [0, 0.05) is 15.5 Å². The molecule has 1 heterocycles. The molecule has 0 unspecified atom stereocenters. The molecule has 1 aliphatic carbocycles. The van der Waals surface area contributed by atoms with Crippen LogP contribution in [-0.4, -0.2) is 44.4 Å². The molecule has 8 nitrogen and oxygen atoms in total. The van der Waals surface area contributed by atoms with Crippen molar-refractivity contribution in [3.05, 3.63) is 64.0 Å². The van der Waals surface area contributed by atoms with Crippen molar-refractivity contribution in [2.24, 2.45) is 0 Å². The van der Waals surface area contributed by atoms with Gasteiger partial charge in [0.05, 0.1) is 32.1 Å². The Hall–Kier alpha value is -3.50. The molecular weight excluding hydrogens is 548 g/mol. The first-order chi connectivity index (χ1) is 19.4. The predicted octanol–water partition coefficient (Wildman–Crippen LogP) is 6.58. The predicted molar refractivity (Wildman–Crippen MR) is 159 cm³/mol. The highest BCUT2D eigenvalue weighted by molar-refractivity contribution is 8.00. The largest absolute Gasteiger partial charge is 0.496 e. The monoisotopic (exact) mass is 582 g/mol. The van der Waals surface area contributed by atoms with Crippen LogP contribution in [0.5, 0.6) is 11.5 Å². The molecule has 0 atom stereocenters. The van der Waals surface area contributed by atoms with Gasteiger partial charge in [0.15, 0.2) is 0 Å². The summed E-state index contributed by atoms with van der Waals surface area (Å²) in [7, 11) is 3.00. The molecule has 0 saturated heterocycles. The fraction of sp³-hybridized carbons (Fsp3) is 0.367. The van der Waals surface area contributed by atoms with E-state index in [1.54, 1.807) is 37.3 Å². The van der Waals surface area contributed by atoms with Crippen LogP contribution in [0.15, 0.2) is 47.4 Å². The number of thiophene rings is 1. The normalized spacial score (nSPS) is 12.9. The number of carbonyl (C=O) groups excluding carboxylic acids is 3. The van der Waals surface area contributed by atoms with E-state index in [1.165, 1.54) is 48.6 Å². The Balaban J connectivity index is 1.44. The number of ether oxygens (including phenoxy) is 3. The summed E-state index contributed by atoms with van der Waals surface area (Å²) in [6, 6.07) is 12.4. The molecule has 2 N–H and O–H groups in total. The minimum absolute atomic E-state index is 0.141. The van der Waals surface area contributed by atoms with Gasteiger partial charge in [-0.05, 0) is 68.5 Å². The van der Waals surface area contributed by atoms with Crippen molar-refractivity contribution < 1.29 is 28.6 Å². The highest BCUT2D eigenvalue weighted by Gasteiger charge is 2.26. The molecule has 40 heavy (non-hydrogen) atoms. The van der Waals surface area contributed by atoms with E-state index in [4.69, 9.17) is 14.2 Å². The van der Waals surface area contributed by atoms with Crippen molar-refractivity contribution in [1.29, 1.82) is 0 Å². The average Bonchev–Trinajstić information content (AvgIpc) is 3.27. The first-order valence-corrected chi connectivity index (χ1v) is 15.1. The van der Waals surface area contributed by atoms with Gasteiger partial charge in [-0.2, -0.15) is 0 Å². The van der Waals surface area contributed by atoms with Crippen LogP contribution in [0.2, 0.25) is 0 Å². The summed E-state index contributed by atoms with van der Waals surface area (Å²) < 4.78 is 16.0. The number of nitrogens with one attached hydrogen (secondary N) is 2. The van der Waals surface area contributed by atoms with Gasteiger partial charge in [-0.3, -0.25) is 9.59 Å². The third-order valence-electron chi connectivity index (χ3n) is 6.52. The number of hydrogen-bond acceptors (Lipinski definition) is 8. The zero-order chi connectivity index (χ0) is 28.5. The van der Waals surface area contributed by atoms with Crippen molar-refractivity contribution in [3.63, 3.8) is 0 Å². The standard InChI is InChI=1S/C30H34N2O6S2/c1-4-38-30(35)26-21-13-7-5-6-8-16-24(21)40-29(26)32-25(33)18-39-20-12-9-11-19(17-20)31-28(34)27-22(36-2)14-10-15-23(27)37-3/h9-12,14-15,17H,4-8,13,16,18H2,1-3H3,(H,31,34)(H,32,33). The molecule has 0 fully saturated rings. The molecule has 3 aromatic rings. The van der Waals surface area contributed by atoms with Crippen molar-refractivity contribution >= 4 is 51.6 Å². The average molecular weight is 583 g/mol. The summed E-state index contributed by atoms with van der Waals surface area (Å²) in [5, 5.41) is 6.43. The molecule has 10 heteroatoms. The van der Waals surface area contributed by atoms with Crippen LogP contribution in [0.4, 0.5) is 10.7 Å². The Morgan fingerprint density at radius 2 is 1.60 bits per heavy atom. The van der Waals surface area contributed by atoms with Crippen LogP contribution in [0.1, 0.15) is 63.8 Å². The molecule has 2 aromatic carbocycles. The van der Waals surface area contributed by atoms with Crippen LogP contribution in [0.3, 0.4) is 0 Å². The minimum atomic E-state index is -0.376. The first-order valence-electron chi connectivity index (χ1n) is 13.3. The van der Waals surface area contributed by atoms with Gasteiger partial charge in [0.1, 0.15) is 22.1 Å². The van der Waals surface area contributed by atoms with Crippen LogP contribution >= 0.6 is 23.1 Å². The van der Waals surface area contributed by atoms with Crippen LogP contribution in [0.25, 0.3) is 0 Å². The molecule has 0 saturated carbocycles. The van der Waals surface area contributed by atoms with Crippen molar-refractivity contribution in [3.8, 4) is 11.5 Å². The second-order valence-corrected chi connectivity index (χ2v) is 11.4. The summed E-state index contributed by atoms with van der Waals surface area (Å²) in [6.45, 7) is 2.07. The number of amides is 2. The zero-order valence-electron chi connectivity index (χ0n) is 23.0. The summed E-state index contributed by atoms with van der Waals surface area (Å²) in [5.41, 5.74) is 2.42. The fourth-order valence-electron chi connectivity index (χ4n) is 4.67. The van der Waals surface area contributed by atoms with Crippen LogP contribution in [-0.2, 0) is 22.4 Å². The Labute approximate surface area is 242 Å². The maximum atomic E-state index is 13.0. The number of rotatable bonds is 10. The molecule has 212 valence electrons. The quantitative estimate of drug-likeness (QED) is 0.205. The molecule has 4 rings (SSSR count). The summed E-state index contributed by atoms with van der Waals surface area (Å²) in [5.74, 6) is -0.00112. The highest BCUT2D eigenvalue weighted by atomic mass is 32.2. The molecule has 0 spiro atoms. The fourth-order valence-corrected chi connectivity index (χ4v) is 6.72. The number of esters is 1. The first kappa shape index (κ1) is 29.5. The Kier molecular flexibility index (Phi) is 10.5. The van der Waals surface area contributed by atoms with E-state index in [9.17, 15) is 14.4 Å². The van der Waals surface area contributed by atoms with E-state index in [1.807, 2.05) is 12.1 Å². The van der Waals surface area contributed by atoms with Gasteiger partial charge in [0.25, 0.3) is 5.91 Å². The summed E-state index contributed by atoms with van der Waals surface area (Å²) in [4.78, 5) is 40.8. The van der Waals surface area contributed by atoms with Gasteiger partial charge >= 0.3 is 5.97 Å². The van der Waals surface area contributed by atoms with E-state index in [0.717, 1.165) is 42.6 Å². The lowest BCUT2D eigenvalue weighted by Gasteiger charge is -2.13. The highest BCUT2D eigenvalue weighted by Crippen LogP contribution is 2.38. The summed E-state index contributed by atoms with van der Waals surface area (Å²) in [6.07, 6.45) is 6.16. The van der Waals surface area contributed by atoms with Crippen LogP contribution < -0.4 is 20.1 Å². The number of carbonyl (C=O) groups is 3. The molecule has 0 bridgehead atoms. The number of hydrogen-bond donors (Lipinski definition) is 2. The smallest absolute Gasteiger partial charge is 0.341 e. The van der Waals surface area contributed by atoms with E-state index in [-0.39, 0.29) is 30.1 Å². The zero-order valence-corrected chi connectivity index (χ0v) is 24.6. The SMILES string of the molecule is CCOC(=O)c1c(NC(=O)CSc2cccc(NC(=O)c3c(OC)cccc3OC)c2)sc2c1CCCCCC2. The number of aryl methyl sites for hydroxylation is 1. The Bertz CT molecular complexity index is 1350. The van der Waals surface area contributed by atoms with E-state index >= 15 is 0 Å². The van der Waals surface area contributed by atoms with Crippen molar-refractivity contribution in [2.45, 2.75) is 50.3 Å². The third-order valence-corrected chi connectivity index (χ3v) is 8.72. The maximum absolute atomic E-state index is 13.0. The van der Waals surface area contributed by atoms with E-state index in [0.29, 0.717) is 33.3 Å². The maximum Gasteiger partial charge on any atom is 0.341 e. The van der Waals surface area contributed by atoms with Crippen molar-refractivity contribution in [1.82, 2.24) is 0 Å². The molecule has 1 aliphatic rings. The lowest BCUT2D eigenvalue weighted by molar-refractivity contribution is -0.113. The molecule has 2 amide bonds. The second kappa shape index (κ2) is 14.2. The van der Waals surface area contributed by atoms with Gasteiger partial charge in [-0.1, -0.05) is 25.0 Å². The van der Waals surface area contributed by atoms with Gasteiger partial charge in [0.2, 0.25) is 5.91 Å². The Morgan fingerprint density at radius 1 is 0.900 bits per heavy atom. The van der Waals surface area contributed by atoms with Gasteiger partial charge < -0.3 is 24.8 Å². The Morgan fingerprint density at radius 3 is 2.30 bits per heavy atom. The molecule has 0 radical (unpaired) electrons. The number of thioether (sulfide) groups is 1. The number of methoxy groups -OCH3 is 2.